The summed E-state index contributed by atoms with van der Waals surface area (Å²) in [4.78, 5) is 72.1. The van der Waals surface area contributed by atoms with Crippen LogP contribution in [-0.4, -0.2) is 69.9 Å². The fourth-order valence-electron chi connectivity index (χ4n) is 3.18. The Morgan fingerprint density at radius 2 is 1.42 bits per heavy atom. The van der Waals surface area contributed by atoms with Gasteiger partial charge in [0.2, 0.25) is 29.5 Å². The second-order valence-corrected chi connectivity index (χ2v) is 8.65. The summed E-state index contributed by atoms with van der Waals surface area (Å²) in [5.74, 6) is -5.46. The molecule has 0 radical (unpaired) electrons. The largest absolute Gasteiger partial charge is 0.508 e. The van der Waals surface area contributed by atoms with E-state index in [1.165, 1.54) is 26.0 Å². The second kappa shape index (κ2) is 13.7. The molecule has 1 rings (SSSR count). The number of nitrogens with one attached hydrogen (secondary N) is 4. The molecule has 0 bridgehead atoms. The first-order chi connectivity index (χ1) is 16.7. The molecule has 1 aromatic rings. The zero-order chi connectivity index (χ0) is 27.6. The van der Waals surface area contributed by atoms with Crippen LogP contribution in [0.5, 0.6) is 5.75 Å². The molecule has 13 nitrogen and oxygen atoms in total. The maximum Gasteiger partial charge on any atom is 0.326 e. The van der Waals surface area contributed by atoms with Gasteiger partial charge in [-0.05, 0) is 30.5 Å². The van der Waals surface area contributed by atoms with E-state index in [2.05, 4.69) is 21.3 Å². The van der Waals surface area contributed by atoms with E-state index in [1.807, 2.05) is 0 Å². The van der Waals surface area contributed by atoms with Gasteiger partial charge in [0.25, 0.3) is 0 Å². The quantitative estimate of drug-likeness (QED) is 0.167. The summed E-state index contributed by atoms with van der Waals surface area (Å²) >= 11 is 0. The minimum atomic E-state index is -1.56. The Hall–Kier alpha value is -4.16. The van der Waals surface area contributed by atoms with Crippen LogP contribution in [0.3, 0.4) is 0 Å². The highest BCUT2D eigenvalue weighted by Gasteiger charge is 2.31. The molecule has 198 valence electrons. The van der Waals surface area contributed by atoms with Crippen LogP contribution >= 0.6 is 0 Å². The molecule has 1 aromatic carbocycles. The molecule has 13 heteroatoms. The van der Waals surface area contributed by atoms with Crippen LogP contribution in [0, 0.1) is 5.92 Å². The molecule has 0 fully saturated rings. The molecule has 0 spiro atoms. The van der Waals surface area contributed by atoms with Crippen LogP contribution in [-0.2, 0) is 35.2 Å². The van der Waals surface area contributed by atoms with Crippen LogP contribution in [0.2, 0.25) is 0 Å². The van der Waals surface area contributed by atoms with Gasteiger partial charge in [-0.2, -0.15) is 0 Å². The van der Waals surface area contributed by atoms with Crippen molar-refractivity contribution in [2.45, 2.75) is 64.7 Å². The van der Waals surface area contributed by atoms with E-state index in [0.29, 0.717) is 5.56 Å². The first-order valence-corrected chi connectivity index (χ1v) is 11.2. The van der Waals surface area contributed by atoms with Gasteiger partial charge in [-0.1, -0.05) is 26.0 Å². The lowest BCUT2D eigenvalue weighted by Gasteiger charge is -2.26. The van der Waals surface area contributed by atoms with Gasteiger partial charge in [0.15, 0.2) is 0 Å². The molecule has 0 aliphatic carbocycles. The molecular weight excluding hydrogens is 474 g/mol. The number of carboxylic acid groups (broad SMARTS) is 1. The Morgan fingerprint density at radius 1 is 0.833 bits per heavy atom. The van der Waals surface area contributed by atoms with E-state index in [0.717, 1.165) is 0 Å². The number of amides is 5. The lowest BCUT2D eigenvalue weighted by atomic mass is 10.0. The maximum absolute atomic E-state index is 13.0. The number of nitrogens with two attached hydrogens (primary N) is 1. The number of benzene rings is 1. The molecule has 0 aliphatic heterocycles. The number of rotatable bonds is 13. The summed E-state index contributed by atoms with van der Waals surface area (Å²) in [5, 5.41) is 28.2. The van der Waals surface area contributed by atoms with Crippen molar-refractivity contribution in [2.75, 3.05) is 0 Å². The highest BCUT2D eigenvalue weighted by Crippen LogP contribution is 2.12. The Kier molecular flexibility index (Phi) is 11.3. The molecule has 0 heterocycles. The number of carboxylic acids is 1. The van der Waals surface area contributed by atoms with Crippen molar-refractivity contribution < 1.29 is 39.0 Å². The topological polar surface area (TPSA) is 217 Å². The highest BCUT2D eigenvalue weighted by atomic mass is 16.4. The molecule has 0 saturated heterocycles. The summed E-state index contributed by atoms with van der Waals surface area (Å²) in [6.07, 6.45) is -0.536. The van der Waals surface area contributed by atoms with Gasteiger partial charge in [-0.25, -0.2) is 4.79 Å². The normalized spacial score (nSPS) is 14.0. The summed E-state index contributed by atoms with van der Waals surface area (Å²) in [6, 6.07) is 1.18. The minimum Gasteiger partial charge on any atom is -0.508 e. The second-order valence-electron chi connectivity index (χ2n) is 8.65. The fraction of sp³-hybridized carbons (Fsp3) is 0.478. The van der Waals surface area contributed by atoms with Crippen molar-refractivity contribution in [3.8, 4) is 5.75 Å². The Bertz CT molecular complexity index is 979. The lowest BCUT2D eigenvalue weighted by Crippen LogP contribution is -2.58. The fourth-order valence-corrected chi connectivity index (χ4v) is 3.18. The molecule has 4 atom stereocenters. The van der Waals surface area contributed by atoms with Crippen molar-refractivity contribution in [1.29, 1.82) is 0 Å². The summed E-state index contributed by atoms with van der Waals surface area (Å²) in [6.45, 7) is 5.87. The minimum absolute atomic E-state index is 0.0401. The first kappa shape index (κ1) is 29.9. The molecule has 0 aromatic heterocycles. The number of carbonyl (C=O) groups excluding carboxylic acids is 5. The predicted molar refractivity (Wildman–Crippen MR) is 127 cm³/mol. The number of hydrogen-bond acceptors (Lipinski definition) is 7. The molecular formula is C23H33N5O8. The number of phenols is 1. The third-order valence-corrected chi connectivity index (χ3v) is 5.09. The van der Waals surface area contributed by atoms with Gasteiger partial charge in [-0.15, -0.1) is 0 Å². The summed E-state index contributed by atoms with van der Waals surface area (Å²) in [5.41, 5.74) is 5.65. The van der Waals surface area contributed by atoms with Crippen molar-refractivity contribution >= 4 is 35.5 Å². The van der Waals surface area contributed by atoms with Crippen molar-refractivity contribution in [1.82, 2.24) is 21.3 Å². The summed E-state index contributed by atoms with van der Waals surface area (Å²) < 4.78 is 0. The monoisotopic (exact) mass is 507 g/mol. The van der Waals surface area contributed by atoms with Crippen molar-refractivity contribution in [3.05, 3.63) is 29.8 Å². The number of phenolic OH excluding ortho intramolecular Hbond substituents is 1. The van der Waals surface area contributed by atoms with Crippen molar-refractivity contribution in [2.24, 2.45) is 11.7 Å². The Morgan fingerprint density at radius 3 is 1.89 bits per heavy atom. The van der Waals surface area contributed by atoms with Crippen LogP contribution < -0.4 is 27.0 Å². The average molecular weight is 508 g/mol. The van der Waals surface area contributed by atoms with Gasteiger partial charge in [0, 0.05) is 13.3 Å². The van der Waals surface area contributed by atoms with Crippen LogP contribution in [0.25, 0.3) is 0 Å². The first-order valence-electron chi connectivity index (χ1n) is 11.2. The predicted octanol–water partition coefficient (Wildman–Crippen LogP) is -1.47. The summed E-state index contributed by atoms with van der Waals surface area (Å²) in [7, 11) is 0. The van der Waals surface area contributed by atoms with E-state index >= 15 is 0 Å². The van der Waals surface area contributed by atoms with Crippen LogP contribution in [0.1, 0.15) is 39.7 Å². The van der Waals surface area contributed by atoms with Gasteiger partial charge < -0.3 is 37.2 Å². The van der Waals surface area contributed by atoms with Gasteiger partial charge in [0.1, 0.15) is 29.9 Å². The van der Waals surface area contributed by atoms with Gasteiger partial charge in [-0.3, -0.25) is 24.0 Å². The molecule has 0 saturated carbocycles. The van der Waals surface area contributed by atoms with Gasteiger partial charge in [0.05, 0.1) is 6.42 Å². The zero-order valence-corrected chi connectivity index (χ0v) is 20.5. The van der Waals surface area contributed by atoms with Crippen LogP contribution in [0.15, 0.2) is 24.3 Å². The highest BCUT2D eigenvalue weighted by molar-refractivity contribution is 5.95. The Balaban J connectivity index is 2.91. The molecule has 0 aliphatic rings. The Labute approximate surface area is 208 Å². The maximum atomic E-state index is 13.0. The molecule has 8 N–H and O–H groups in total. The SMILES string of the molecule is CC(=O)N[C@@H](Cc1ccc(O)cc1)C(=O)N[C@H](C(=O)N[C@@H](C)C(=O)N[C@@H](CC(N)=O)C(=O)O)C(C)C. The number of carbonyl (C=O) groups is 6. The third-order valence-electron chi connectivity index (χ3n) is 5.09. The number of hydrogen-bond donors (Lipinski definition) is 7. The van der Waals surface area contributed by atoms with E-state index in [1.54, 1.807) is 26.0 Å². The number of aliphatic carboxylic acids is 1. The van der Waals surface area contributed by atoms with Gasteiger partial charge >= 0.3 is 5.97 Å². The van der Waals surface area contributed by atoms with E-state index in [4.69, 9.17) is 10.8 Å². The molecule has 5 amide bonds. The van der Waals surface area contributed by atoms with Crippen molar-refractivity contribution in [3.63, 3.8) is 0 Å². The zero-order valence-electron chi connectivity index (χ0n) is 20.5. The smallest absolute Gasteiger partial charge is 0.326 e. The lowest BCUT2D eigenvalue weighted by molar-refractivity contribution is -0.143. The third kappa shape index (κ3) is 9.99. The number of primary amides is 1. The number of aromatic hydroxyl groups is 1. The average Bonchev–Trinajstić information content (AvgIpc) is 2.76. The van der Waals surface area contributed by atoms with E-state index < -0.39 is 72.0 Å². The van der Waals surface area contributed by atoms with Crippen LogP contribution in [0.4, 0.5) is 0 Å². The standard InChI is InChI=1S/C23H33N5O8/c1-11(2)19(22(34)25-12(3)20(32)27-17(23(35)36)10-18(24)31)28-21(33)16(26-13(4)29)9-14-5-7-15(30)8-6-14/h5-8,11-12,16-17,19,30H,9-10H2,1-4H3,(H2,24,31)(H,25,34)(H,26,29)(H,27,32)(H,28,33)(H,35,36)/t12-,16-,17-,19-/m0/s1. The molecule has 36 heavy (non-hydrogen) atoms. The van der Waals surface area contributed by atoms with E-state index in [-0.39, 0.29) is 12.2 Å². The molecule has 0 unspecified atom stereocenters. The van der Waals surface area contributed by atoms with E-state index in [9.17, 15) is 33.9 Å².